The van der Waals surface area contributed by atoms with Crippen molar-refractivity contribution in [1.29, 1.82) is 0 Å². The molecule has 1 atom stereocenters. The van der Waals surface area contributed by atoms with Crippen LogP contribution in [0.5, 0.6) is 0 Å². The number of rotatable bonds is 4. The Bertz CT molecular complexity index is 780. The Balaban J connectivity index is 1.33. The van der Waals surface area contributed by atoms with Crippen molar-refractivity contribution in [3.05, 3.63) is 29.3 Å². The van der Waals surface area contributed by atoms with Gasteiger partial charge in [0.1, 0.15) is 0 Å². The van der Waals surface area contributed by atoms with Gasteiger partial charge < -0.3 is 10.2 Å². The summed E-state index contributed by atoms with van der Waals surface area (Å²) in [5.74, 6) is 0.491. The lowest BCUT2D eigenvalue weighted by molar-refractivity contribution is -0.135. The first-order chi connectivity index (χ1) is 13.2. The van der Waals surface area contributed by atoms with Crippen LogP contribution in [0.25, 0.3) is 10.2 Å². The number of piperidine rings is 1. The molecule has 0 unspecified atom stereocenters. The van der Waals surface area contributed by atoms with E-state index in [1.165, 1.54) is 11.1 Å². The fraction of sp³-hybridized carbons (Fsp3) is 0.571. The van der Waals surface area contributed by atoms with Gasteiger partial charge in [-0.1, -0.05) is 31.4 Å². The van der Waals surface area contributed by atoms with E-state index in [9.17, 15) is 9.59 Å². The van der Waals surface area contributed by atoms with Gasteiger partial charge in [-0.15, -0.1) is 11.3 Å². The standard InChI is InChI=1S/C21H27N3O2S/c25-19(13-22-20(26)15-7-2-1-3-8-15)24-12-6-9-16(14-24)21-23-17-10-4-5-11-18(17)27-21/h4-5,10-11,15-16H,1-3,6-9,12-14H2,(H,22,26)/t16-/m1/s1. The van der Waals surface area contributed by atoms with Crippen molar-refractivity contribution >= 4 is 33.4 Å². The number of aromatic nitrogens is 1. The van der Waals surface area contributed by atoms with Gasteiger partial charge in [0.15, 0.2) is 0 Å². The molecule has 0 bridgehead atoms. The van der Waals surface area contributed by atoms with Crippen LogP contribution in [0.3, 0.4) is 0 Å². The first-order valence-corrected chi connectivity index (χ1v) is 10.9. The molecule has 4 rings (SSSR count). The lowest BCUT2D eigenvalue weighted by Crippen LogP contribution is -2.45. The molecule has 144 valence electrons. The highest BCUT2D eigenvalue weighted by Gasteiger charge is 2.28. The third-order valence-electron chi connectivity index (χ3n) is 5.82. The van der Waals surface area contributed by atoms with Gasteiger partial charge in [0.2, 0.25) is 11.8 Å². The first kappa shape index (κ1) is 18.4. The maximum Gasteiger partial charge on any atom is 0.241 e. The van der Waals surface area contributed by atoms with Gasteiger partial charge in [0.05, 0.1) is 21.8 Å². The molecule has 1 saturated heterocycles. The zero-order valence-corrected chi connectivity index (χ0v) is 16.5. The highest BCUT2D eigenvalue weighted by molar-refractivity contribution is 7.18. The van der Waals surface area contributed by atoms with Crippen molar-refractivity contribution in [2.75, 3.05) is 19.6 Å². The van der Waals surface area contributed by atoms with E-state index in [-0.39, 0.29) is 24.3 Å². The quantitative estimate of drug-likeness (QED) is 0.873. The summed E-state index contributed by atoms with van der Waals surface area (Å²) in [5.41, 5.74) is 1.04. The maximum absolute atomic E-state index is 12.6. The minimum Gasteiger partial charge on any atom is -0.347 e. The lowest BCUT2D eigenvalue weighted by Gasteiger charge is -2.32. The number of carbonyl (C=O) groups excluding carboxylic acids is 2. The fourth-order valence-corrected chi connectivity index (χ4v) is 5.35. The second kappa shape index (κ2) is 8.38. The summed E-state index contributed by atoms with van der Waals surface area (Å²) in [6.07, 6.45) is 7.46. The highest BCUT2D eigenvalue weighted by Crippen LogP contribution is 2.33. The van der Waals surface area contributed by atoms with Gasteiger partial charge in [-0.2, -0.15) is 0 Å². The van der Waals surface area contributed by atoms with E-state index in [0.717, 1.165) is 55.6 Å². The maximum atomic E-state index is 12.6. The number of nitrogens with one attached hydrogen (secondary N) is 1. The Morgan fingerprint density at radius 2 is 1.93 bits per heavy atom. The van der Waals surface area contributed by atoms with E-state index in [1.807, 2.05) is 23.1 Å². The van der Waals surface area contributed by atoms with Crippen LogP contribution in [-0.2, 0) is 9.59 Å². The average Bonchev–Trinajstić information content (AvgIpc) is 3.17. The highest BCUT2D eigenvalue weighted by atomic mass is 32.1. The predicted octanol–water partition coefficient (Wildman–Crippen LogP) is 3.70. The van der Waals surface area contributed by atoms with Crippen molar-refractivity contribution in [3.63, 3.8) is 0 Å². The summed E-state index contributed by atoms with van der Waals surface area (Å²) in [4.78, 5) is 31.6. The number of fused-ring (bicyclic) bond motifs is 1. The van der Waals surface area contributed by atoms with Crippen LogP contribution in [0, 0.1) is 5.92 Å². The van der Waals surface area contributed by atoms with Gasteiger partial charge in [-0.25, -0.2) is 4.98 Å². The monoisotopic (exact) mass is 385 g/mol. The SMILES string of the molecule is O=C(NCC(=O)N1CCC[C@@H](c2nc3ccccc3s2)C1)C1CCCCC1. The number of benzene rings is 1. The van der Waals surface area contributed by atoms with Crippen molar-refractivity contribution in [2.24, 2.45) is 5.92 Å². The van der Waals surface area contributed by atoms with E-state index in [1.54, 1.807) is 11.3 Å². The smallest absolute Gasteiger partial charge is 0.241 e. The second-order valence-electron chi connectivity index (χ2n) is 7.75. The van der Waals surface area contributed by atoms with E-state index in [2.05, 4.69) is 11.4 Å². The van der Waals surface area contributed by atoms with Gasteiger partial charge in [0, 0.05) is 24.9 Å². The Morgan fingerprint density at radius 3 is 2.74 bits per heavy atom. The molecule has 2 aromatic rings. The fourth-order valence-electron chi connectivity index (χ4n) is 4.25. The molecule has 0 spiro atoms. The number of para-hydroxylation sites is 1. The Labute approximate surface area is 164 Å². The van der Waals surface area contributed by atoms with Crippen molar-refractivity contribution in [1.82, 2.24) is 15.2 Å². The summed E-state index contributed by atoms with van der Waals surface area (Å²) in [6.45, 7) is 1.61. The van der Waals surface area contributed by atoms with Crippen LogP contribution in [0.1, 0.15) is 55.9 Å². The number of likely N-dealkylation sites (tertiary alicyclic amines) is 1. The van der Waals surface area contributed by atoms with Crippen LogP contribution < -0.4 is 5.32 Å². The number of carbonyl (C=O) groups is 2. The van der Waals surface area contributed by atoms with Crippen LogP contribution in [0.2, 0.25) is 0 Å². The molecule has 1 saturated carbocycles. The van der Waals surface area contributed by atoms with Crippen LogP contribution in [-0.4, -0.2) is 41.3 Å². The summed E-state index contributed by atoms with van der Waals surface area (Å²) in [5, 5.41) is 4.01. The first-order valence-electron chi connectivity index (χ1n) is 10.1. The van der Waals surface area contributed by atoms with E-state index < -0.39 is 0 Å². The molecule has 6 heteroatoms. The topological polar surface area (TPSA) is 62.3 Å². The minimum absolute atomic E-state index is 0.0324. The molecule has 27 heavy (non-hydrogen) atoms. The number of thiazole rings is 1. The largest absolute Gasteiger partial charge is 0.347 e. The molecule has 2 aliphatic rings. The normalized spacial score (nSPS) is 21.3. The third kappa shape index (κ3) is 4.32. The zero-order chi connectivity index (χ0) is 18.6. The molecule has 1 aromatic heterocycles. The molecular weight excluding hydrogens is 358 g/mol. The third-order valence-corrected chi connectivity index (χ3v) is 7.02. The molecule has 1 N–H and O–H groups in total. The number of hydrogen-bond acceptors (Lipinski definition) is 4. The minimum atomic E-state index is 0.0324. The van der Waals surface area contributed by atoms with E-state index >= 15 is 0 Å². The summed E-state index contributed by atoms with van der Waals surface area (Å²) >= 11 is 1.74. The average molecular weight is 386 g/mol. The van der Waals surface area contributed by atoms with Crippen LogP contribution in [0.15, 0.2) is 24.3 Å². The predicted molar refractivity (Wildman–Crippen MR) is 108 cm³/mol. The number of amides is 2. The number of hydrogen-bond donors (Lipinski definition) is 1. The summed E-state index contributed by atoms with van der Waals surface area (Å²) in [6, 6.07) is 8.19. The Morgan fingerprint density at radius 1 is 1.11 bits per heavy atom. The van der Waals surface area contributed by atoms with Crippen LogP contribution in [0.4, 0.5) is 0 Å². The molecule has 0 radical (unpaired) electrons. The van der Waals surface area contributed by atoms with E-state index in [0.29, 0.717) is 12.5 Å². The van der Waals surface area contributed by atoms with Gasteiger partial charge >= 0.3 is 0 Å². The lowest BCUT2D eigenvalue weighted by atomic mass is 9.89. The molecular formula is C21H27N3O2S. The molecule has 5 nitrogen and oxygen atoms in total. The van der Waals surface area contributed by atoms with E-state index in [4.69, 9.17) is 4.98 Å². The second-order valence-corrected chi connectivity index (χ2v) is 8.81. The van der Waals surface area contributed by atoms with Crippen molar-refractivity contribution < 1.29 is 9.59 Å². The summed E-state index contributed by atoms with van der Waals surface area (Å²) in [7, 11) is 0. The molecule has 1 aliphatic carbocycles. The van der Waals surface area contributed by atoms with Crippen LogP contribution >= 0.6 is 11.3 Å². The van der Waals surface area contributed by atoms with Gasteiger partial charge in [-0.05, 0) is 37.8 Å². The number of nitrogens with zero attached hydrogens (tertiary/aromatic N) is 2. The Kier molecular flexibility index (Phi) is 5.72. The Hall–Kier alpha value is -1.95. The van der Waals surface area contributed by atoms with Crippen molar-refractivity contribution in [3.8, 4) is 0 Å². The molecule has 2 fully saturated rings. The zero-order valence-electron chi connectivity index (χ0n) is 15.7. The summed E-state index contributed by atoms with van der Waals surface area (Å²) < 4.78 is 1.20. The molecule has 2 amide bonds. The van der Waals surface area contributed by atoms with Crippen molar-refractivity contribution in [2.45, 2.75) is 50.9 Å². The van der Waals surface area contributed by atoms with Gasteiger partial charge in [0.25, 0.3) is 0 Å². The van der Waals surface area contributed by atoms with Gasteiger partial charge in [-0.3, -0.25) is 9.59 Å². The molecule has 1 aliphatic heterocycles. The molecule has 1 aromatic carbocycles. The molecule has 2 heterocycles.